The van der Waals surface area contributed by atoms with Crippen molar-refractivity contribution < 1.29 is 9.47 Å². The van der Waals surface area contributed by atoms with Gasteiger partial charge in [-0.15, -0.1) is 0 Å². The highest BCUT2D eigenvalue weighted by Crippen LogP contribution is 2.39. The van der Waals surface area contributed by atoms with E-state index in [1.165, 1.54) is 12.8 Å². The maximum atomic E-state index is 6.07. The Bertz CT molecular complexity index is 454. The van der Waals surface area contributed by atoms with E-state index in [0.29, 0.717) is 12.6 Å². The monoisotopic (exact) mass is 325 g/mol. The van der Waals surface area contributed by atoms with Crippen molar-refractivity contribution in [3.05, 3.63) is 28.2 Å². The van der Waals surface area contributed by atoms with Crippen LogP contribution in [0.2, 0.25) is 0 Å². The van der Waals surface area contributed by atoms with Gasteiger partial charge in [0.25, 0.3) is 0 Å². The molecular formula is C15H20BrNO2. The third-order valence-electron chi connectivity index (χ3n) is 3.28. The quantitative estimate of drug-likeness (QED) is 0.896. The molecule has 1 saturated carbocycles. The molecule has 0 bridgehead atoms. The van der Waals surface area contributed by atoms with Crippen LogP contribution in [0, 0.1) is 0 Å². The predicted octanol–water partition coefficient (Wildman–Crippen LogP) is 3.75. The van der Waals surface area contributed by atoms with Crippen molar-refractivity contribution in [1.82, 2.24) is 0 Å². The standard InChI is InChI=1S/C15H20BrNO2/c1-18-14-10-11(5-4-8-17)9-13(16)15(14)19-12-6-2-3-7-12/h4-5,9-10,12H,2-3,6-8,17H2,1H3/b5-4+. The van der Waals surface area contributed by atoms with E-state index in [1.807, 2.05) is 24.3 Å². The normalized spacial score (nSPS) is 16.2. The summed E-state index contributed by atoms with van der Waals surface area (Å²) < 4.78 is 12.4. The molecule has 0 atom stereocenters. The molecule has 1 fully saturated rings. The lowest BCUT2D eigenvalue weighted by atomic mass is 10.2. The van der Waals surface area contributed by atoms with Crippen LogP contribution >= 0.6 is 15.9 Å². The molecule has 3 nitrogen and oxygen atoms in total. The Morgan fingerprint density at radius 2 is 2.11 bits per heavy atom. The maximum absolute atomic E-state index is 6.07. The fourth-order valence-corrected chi connectivity index (χ4v) is 2.88. The first-order valence-electron chi connectivity index (χ1n) is 6.65. The van der Waals surface area contributed by atoms with Gasteiger partial charge in [0, 0.05) is 6.54 Å². The van der Waals surface area contributed by atoms with E-state index in [4.69, 9.17) is 15.2 Å². The fourth-order valence-electron chi connectivity index (χ4n) is 2.33. The van der Waals surface area contributed by atoms with E-state index >= 15 is 0 Å². The van der Waals surface area contributed by atoms with Crippen molar-refractivity contribution in [2.45, 2.75) is 31.8 Å². The molecule has 2 rings (SSSR count). The van der Waals surface area contributed by atoms with E-state index < -0.39 is 0 Å². The second-order valence-electron chi connectivity index (χ2n) is 4.70. The Hall–Kier alpha value is -1.00. The van der Waals surface area contributed by atoms with E-state index in [-0.39, 0.29) is 0 Å². The smallest absolute Gasteiger partial charge is 0.175 e. The minimum Gasteiger partial charge on any atom is -0.493 e. The number of benzene rings is 1. The van der Waals surface area contributed by atoms with Gasteiger partial charge in [0.1, 0.15) is 0 Å². The number of nitrogens with two attached hydrogens (primary N) is 1. The van der Waals surface area contributed by atoms with Crippen LogP contribution in [0.4, 0.5) is 0 Å². The zero-order chi connectivity index (χ0) is 13.7. The second kappa shape index (κ2) is 6.96. The average Bonchev–Trinajstić information content (AvgIpc) is 2.91. The van der Waals surface area contributed by atoms with Gasteiger partial charge in [-0.05, 0) is 59.3 Å². The summed E-state index contributed by atoms with van der Waals surface area (Å²) in [6, 6.07) is 4.00. The third-order valence-corrected chi connectivity index (χ3v) is 3.87. The first kappa shape index (κ1) is 14.4. The fraction of sp³-hybridized carbons (Fsp3) is 0.467. The molecule has 4 heteroatoms. The van der Waals surface area contributed by atoms with E-state index in [1.54, 1.807) is 7.11 Å². The van der Waals surface area contributed by atoms with Crippen LogP contribution in [0.5, 0.6) is 11.5 Å². The largest absolute Gasteiger partial charge is 0.493 e. The van der Waals surface area contributed by atoms with Crippen molar-refractivity contribution in [3.8, 4) is 11.5 Å². The molecule has 1 aliphatic rings. The molecule has 0 spiro atoms. The van der Waals surface area contributed by atoms with E-state index in [0.717, 1.165) is 34.4 Å². The Labute approximate surface area is 122 Å². The Balaban J connectivity index is 2.23. The zero-order valence-corrected chi connectivity index (χ0v) is 12.8. The van der Waals surface area contributed by atoms with Crippen molar-refractivity contribution in [2.24, 2.45) is 5.73 Å². The molecule has 0 aliphatic heterocycles. The van der Waals surface area contributed by atoms with Crippen LogP contribution < -0.4 is 15.2 Å². The van der Waals surface area contributed by atoms with E-state index in [9.17, 15) is 0 Å². The maximum Gasteiger partial charge on any atom is 0.175 e. The van der Waals surface area contributed by atoms with Gasteiger partial charge >= 0.3 is 0 Å². The minimum atomic E-state index is 0.315. The SMILES string of the molecule is COc1cc(/C=C/CN)cc(Br)c1OC1CCCC1. The van der Waals surface area contributed by atoms with Crippen LogP contribution in [0.25, 0.3) is 6.08 Å². The summed E-state index contributed by atoms with van der Waals surface area (Å²) in [7, 11) is 1.67. The molecule has 1 aliphatic carbocycles. The van der Waals surface area contributed by atoms with Crippen LogP contribution in [-0.4, -0.2) is 19.8 Å². The molecule has 2 N–H and O–H groups in total. The summed E-state index contributed by atoms with van der Waals surface area (Å²) >= 11 is 3.57. The van der Waals surface area contributed by atoms with Gasteiger partial charge in [-0.1, -0.05) is 12.2 Å². The van der Waals surface area contributed by atoms with Gasteiger partial charge in [0.05, 0.1) is 17.7 Å². The summed E-state index contributed by atoms with van der Waals surface area (Å²) in [5.74, 6) is 1.57. The van der Waals surface area contributed by atoms with Crippen LogP contribution in [0.3, 0.4) is 0 Å². The van der Waals surface area contributed by atoms with Gasteiger partial charge in [-0.3, -0.25) is 0 Å². The summed E-state index contributed by atoms with van der Waals surface area (Å²) in [5.41, 5.74) is 6.52. The molecule has 0 saturated heterocycles. The molecular weight excluding hydrogens is 306 g/mol. The van der Waals surface area contributed by atoms with Gasteiger partial charge in [-0.2, -0.15) is 0 Å². The van der Waals surface area contributed by atoms with Crippen LogP contribution in [0.15, 0.2) is 22.7 Å². The molecule has 1 aromatic carbocycles. The average molecular weight is 326 g/mol. The van der Waals surface area contributed by atoms with Gasteiger partial charge in [-0.25, -0.2) is 0 Å². The lowest BCUT2D eigenvalue weighted by Crippen LogP contribution is -2.12. The Kier molecular flexibility index (Phi) is 5.28. The second-order valence-corrected chi connectivity index (χ2v) is 5.55. The van der Waals surface area contributed by atoms with Crippen molar-refractivity contribution in [3.63, 3.8) is 0 Å². The molecule has 0 aromatic heterocycles. The van der Waals surface area contributed by atoms with Gasteiger partial charge in [0.2, 0.25) is 0 Å². The molecule has 0 unspecified atom stereocenters. The predicted molar refractivity (Wildman–Crippen MR) is 81.7 cm³/mol. The lowest BCUT2D eigenvalue weighted by molar-refractivity contribution is 0.199. The topological polar surface area (TPSA) is 44.5 Å². The number of halogens is 1. The number of hydrogen-bond acceptors (Lipinski definition) is 3. The highest BCUT2D eigenvalue weighted by atomic mass is 79.9. The molecule has 1 aromatic rings. The summed E-state index contributed by atoms with van der Waals surface area (Å²) in [6.07, 6.45) is 8.97. The first-order chi connectivity index (χ1) is 9.24. The molecule has 0 radical (unpaired) electrons. The minimum absolute atomic E-state index is 0.315. The van der Waals surface area contributed by atoms with Crippen molar-refractivity contribution >= 4 is 22.0 Å². The van der Waals surface area contributed by atoms with Crippen LogP contribution in [0.1, 0.15) is 31.2 Å². The first-order valence-corrected chi connectivity index (χ1v) is 7.44. The summed E-state index contributed by atoms with van der Waals surface area (Å²) in [4.78, 5) is 0. The number of hydrogen-bond donors (Lipinski definition) is 1. The molecule has 104 valence electrons. The molecule has 0 heterocycles. The van der Waals surface area contributed by atoms with Crippen molar-refractivity contribution in [1.29, 1.82) is 0 Å². The third kappa shape index (κ3) is 3.74. The van der Waals surface area contributed by atoms with E-state index in [2.05, 4.69) is 15.9 Å². The highest BCUT2D eigenvalue weighted by Gasteiger charge is 2.20. The summed E-state index contributed by atoms with van der Waals surface area (Å²) in [5, 5.41) is 0. The number of ether oxygens (including phenoxy) is 2. The highest BCUT2D eigenvalue weighted by molar-refractivity contribution is 9.10. The summed E-state index contributed by atoms with van der Waals surface area (Å²) in [6.45, 7) is 0.528. The van der Waals surface area contributed by atoms with Crippen molar-refractivity contribution in [2.75, 3.05) is 13.7 Å². The molecule has 19 heavy (non-hydrogen) atoms. The lowest BCUT2D eigenvalue weighted by Gasteiger charge is -2.18. The number of methoxy groups -OCH3 is 1. The Morgan fingerprint density at radius 1 is 1.37 bits per heavy atom. The van der Waals surface area contributed by atoms with Gasteiger partial charge < -0.3 is 15.2 Å². The zero-order valence-electron chi connectivity index (χ0n) is 11.2. The molecule has 0 amide bonds. The Morgan fingerprint density at radius 3 is 2.74 bits per heavy atom. The number of rotatable bonds is 5. The van der Waals surface area contributed by atoms with Crippen LogP contribution in [-0.2, 0) is 0 Å². The van der Waals surface area contributed by atoms with Gasteiger partial charge in [0.15, 0.2) is 11.5 Å².